The number of nitrogens with zero attached hydrogens (tertiary/aromatic N) is 2. The molecule has 2 rings (SSSR count). The number of amides is 1. The Kier molecular flexibility index (Phi) is 7.87. The Hall–Kier alpha value is -2.14. The van der Waals surface area contributed by atoms with Gasteiger partial charge in [-0.05, 0) is 42.5 Å². The van der Waals surface area contributed by atoms with Crippen molar-refractivity contribution in [3.8, 4) is 0 Å². The molecule has 0 bridgehead atoms. The van der Waals surface area contributed by atoms with E-state index in [1.807, 2.05) is 0 Å². The molecule has 0 spiro atoms. The van der Waals surface area contributed by atoms with E-state index in [4.69, 9.17) is 11.6 Å². The lowest BCUT2D eigenvalue weighted by atomic mass is 10.3. The van der Waals surface area contributed by atoms with Crippen LogP contribution in [0.4, 0.5) is 11.4 Å². The van der Waals surface area contributed by atoms with Crippen molar-refractivity contribution in [1.82, 2.24) is 4.31 Å². The Bertz CT molecular complexity index is 1100. The third-order valence-electron chi connectivity index (χ3n) is 4.26. The molecule has 0 fully saturated rings. The van der Waals surface area contributed by atoms with Crippen LogP contribution in [-0.4, -0.2) is 52.9 Å². The summed E-state index contributed by atoms with van der Waals surface area (Å²) in [7, 11) is -7.34. The van der Waals surface area contributed by atoms with E-state index in [9.17, 15) is 21.6 Å². The van der Waals surface area contributed by atoms with Gasteiger partial charge in [-0.3, -0.25) is 9.10 Å². The summed E-state index contributed by atoms with van der Waals surface area (Å²) in [5, 5.41) is 2.92. The molecule has 30 heavy (non-hydrogen) atoms. The van der Waals surface area contributed by atoms with Gasteiger partial charge in [0.05, 0.1) is 16.8 Å². The predicted molar refractivity (Wildman–Crippen MR) is 119 cm³/mol. The van der Waals surface area contributed by atoms with E-state index in [0.717, 1.165) is 10.6 Å². The Morgan fingerprint density at radius 1 is 1.00 bits per heavy atom. The standard InChI is InChI=1S/C19H24ClN3O5S2/c1-4-22(5-2)30(27,28)18-11-9-16(10-12-18)21-19(24)14-23(29(3,25)26)17-8-6-7-15(20)13-17/h6-13H,4-5,14H2,1-3H3,(H,21,24). The van der Waals surface area contributed by atoms with Crippen molar-refractivity contribution in [3.63, 3.8) is 0 Å². The maximum absolute atomic E-state index is 12.5. The summed E-state index contributed by atoms with van der Waals surface area (Å²) in [4.78, 5) is 12.5. The summed E-state index contributed by atoms with van der Waals surface area (Å²) in [6.07, 6.45) is 0.994. The van der Waals surface area contributed by atoms with Gasteiger partial charge in [0.2, 0.25) is 26.0 Å². The first kappa shape index (κ1) is 24.1. The first-order valence-corrected chi connectivity index (χ1v) is 12.8. The fourth-order valence-corrected chi connectivity index (χ4v) is 5.28. The highest BCUT2D eigenvalue weighted by molar-refractivity contribution is 7.92. The highest BCUT2D eigenvalue weighted by Crippen LogP contribution is 2.22. The molecule has 0 saturated carbocycles. The van der Waals surface area contributed by atoms with Gasteiger partial charge >= 0.3 is 0 Å². The minimum Gasteiger partial charge on any atom is -0.325 e. The van der Waals surface area contributed by atoms with Gasteiger partial charge in [0.1, 0.15) is 6.54 Å². The van der Waals surface area contributed by atoms with Gasteiger partial charge in [0.25, 0.3) is 0 Å². The summed E-state index contributed by atoms with van der Waals surface area (Å²) in [5.74, 6) is -0.584. The smallest absolute Gasteiger partial charge is 0.245 e. The summed E-state index contributed by atoms with van der Waals surface area (Å²) in [6, 6.07) is 11.9. The molecule has 0 atom stereocenters. The van der Waals surface area contributed by atoms with Crippen LogP contribution in [0, 0.1) is 0 Å². The van der Waals surface area contributed by atoms with E-state index in [-0.39, 0.29) is 10.6 Å². The summed E-state index contributed by atoms with van der Waals surface area (Å²) in [5.41, 5.74) is 0.610. The van der Waals surface area contributed by atoms with Crippen molar-refractivity contribution in [2.75, 3.05) is 35.5 Å². The van der Waals surface area contributed by atoms with Crippen molar-refractivity contribution in [2.24, 2.45) is 0 Å². The maximum atomic E-state index is 12.5. The monoisotopic (exact) mass is 473 g/mol. The van der Waals surface area contributed by atoms with Crippen LogP contribution < -0.4 is 9.62 Å². The second-order valence-corrected chi connectivity index (χ2v) is 10.7. The number of nitrogens with one attached hydrogen (secondary N) is 1. The Morgan fingerprint density at radius 2 is 1.60 bits per heavy atom. The number of benzene rings is 2. The Morgan fingerprint density at radius 3 is 2.10 bits per heavy atom. The van der Waals surface area contributed by atoms with Crippen LogP contribution in [0.2, 0.25) is 5.02 Å². The van der Waals surface area contributed by atoms with E-state index >= 15 is 0 Å². The average molecular weight is 474 g/mol. The van der Waals surface area contributed by atoms with Gasteiger partial charge in [-0.25, -0.2) is 16.8 Å². The molecule has 11 heteroatoms. The zero-order valence-electron chi connectivity index (χ0n) is 16.9. The van der Waals surface area contributed by atoms with Crippen molar-refractivity contribution in [1.29, 1.82) is 0 Å². The SMILES string of the molecule is CCN(CC)S(=O)(=O)c1ccc(NC(=O)CN(c2cccc(Cl)c2)S(C)(=O)=O)cc1. The van der Waals surface area contributed by atoms with Crippen LogP contribution in [0.5, 0.6) is 0 Å². The number of carbonyl (C=O) groups excluding carboxylic acids is 1. The molecule has 1 N–H and O–H groups in total. The van der Waals surface area contributed by atoms with E-state index in [1.54, 1.807) is 26.0 Å². The molecule has 1 amide bonds. The van der Waals surface area contributed by atoms with Crippen LogP contribution >= 0.6 is 11.6 Å². The molecular weight excluding hydrogens is 450 g/mol. The third-order valence-corrected chi connectivity index (χ3v) is 7.70. The highest BCUT2D eigenvalue weighted by Gasteiger charge is 2.23. The molecule has 2 aromatic rings. The third kappa shape index (κ3) is 5.94. The van der Waals surface area contributed by atoms with Gasteiger partial charge in [-0.2, -0.15) is 4.31 Å². The van der Waals surface area contributed by atoms with Gasteiger partial charge in [-0.1, -0.05) is 31.5 Å². The summed E-state index contributed by atoms with van der Waals surface area (Å²) >= 11 is 5.93. The fourth-order valence-electron chi connectivity index (χ4n) is 2.79. The zero-order valence-corrected chi connectivity index (χ0v) is 19.3. The molecule has 0 heterocycles. The maximum Gasteiger partial charge on any atom is 0.245 e. The second kappa shape index (κ2) is 9.78. The normalized spacial score (nSPS) is 12.0. The van der Waals surface area contributed by atoms with Crippen LogP contribution in [0.1, 0.15) is 13.8 Å². The number of carbonyl (C=O) groups is 1. The van der Waals surface area contributed by atoms with Gasteiger partial charge < -0.3 is 5.32 Å². The second-order valence-electron chi connectivity index (χ2n) is 6.41. The number of anilines is 2. The topological polar surface area (TPSA) is 104 Å². The number of rotatable bonds is 9. The number of hydrogen-bond donors (Lipinski definition) is 1. The van der Waals surface area contributed by atoms with Crippen LogP contribution in [0.25, 0.3) is 0 Å². The molecule has 2 aromatic carbocycles. The molecule has 164 valence electrons. The fraction of sp³-hybridized carbons (Fsp3) is 0.316. The first-order chi connectivity index (χ1) is 14.0. The van der Waals surface area contributed by atoms with Crippen molar-refractivity contribution >= 4 is 48.9 Å². The Labute approximate surface area is 182 Å². The van der Waals surface area contributed by atoms with Gasteiger partial charge in [0.15, 0.2) is 0 Å². The van der Waals surface area contributed by atoms with Crippen molar-refractivity contribution < 1.29 is 21.6 Å². The molecule has 0 radical (unpaired) electrons. The van der Waals surface area contributed by atoms with Crippen LogP contribution in [0.3, 0.4) is 0 Å². The van der Waals surface area contributed by atoms with Crippen molar-refractivity contribution in [2.45, 2.75) is 18.7 Å². The largest absolute Gasteiger partial charge is 0.325 e. The lowest BCUT2D eigenvalue weighted by Gasteiger charge is -2.22. The zero-order chi connectivity index (χ0) is 22.5. The number of halogens is 1. The predicted octanol–water partition coefficient (Wildman–Crippen LogP) is 2.78. The van der Waals surface area contributed by atoms with E-state index < -0.39 is 32.5 Å². The number of sulfonamides is 2. The first-order valence-electron chi connectivity index (χ1n) is 9.12. The minimum atomic E-state index is -3.73. The van der Waals surface area contributed by atoms with Gasteiger partial charge in [0, 0.05) is 23.8 Å². The molecule has 8 nitrogen and oxygen atoms in total. The van der Waals surface area contributed by atoms with Crippen LogP contribution in [-0.2, 0) is 24.8 Å². The molecule has 0 unspecified atom stereocenters. The van der Waals surface area contributed by atoms with Crippen LogP contribution in [0.15, 0.2) is 53.4 Å². The highest BCUT2D eigenvalue weighted by atomic mass is 35.5. The van der Waals surface area contributed by atoms with Gasteiger partial charge in [-0.15, -0.1) is 0 Å². The summed E-state index contributed by atoms with van der Waals surface area (Å²) < 4.78 is 51.6. The molecule has 0 saturated heterocycles. The lowest BCUT2D eigenvalue weighted by Crippen LogP contribution is -2.37. The molecule has 0 aliphatic carbocycles. The van der Waals surface area contributed by atoms with E-state index in [1.165, 1.54) is 40.7 Å². The molecular formula is C19H24ClN3O5S2. The molecule has 0 aliphatic rings. The quantitative estimate of drug-likeness (QED) is 0.603. The van der Waals surface area contributed by atoms with E-state index in [2.05, 4.69) is 5.32 Å². The van der Waals surface area contributed by atoms with E-state index in [0.29, 0.717) is 23.8 Å². The number of hydrogen-bond acceptors (Lipinski definition) is 5. The minimum absolute atomic E-state index is 0.112. The average Bonchev–Trinajstić information content (AvgIpc) is 2.66. The molecule has 0 aliphatic heterocycles. The lowest BCUT2D eigenvalue weighted by molar-refractivity contribution is -0.114. The molecule has 0 aromatic heterocycles. The summed E-state index contributed by atoms with van der Waals surface area (Å²) in [6.45, 7) is 3.75. The Balaban J connectivity index is 2.17. The van der Waals surface area contributed by atoms with Crippen molar-refractivity contribution in [3.05, 3.63) is 53.6 Å².